The largest absolute Gasteiger partial charge is 0.370 e. The van der Waals surface area contributed by atoms with Gasteiger partial charge in [-0.25, -0.2) is 0 Å². The van der Waals surface area contributed by atoms with Gasteiger partial charge in [-0.2, -0.15) is 11.8 Å². The van der Waals surface area contributed by atoms with Crippen molar-refractivity contribution in [1.82, 2.24) is 5.32 Å². The summed E-state index contributed by atoms with van der Waals surface area (Å²) in [5.74, 6) is 3.27. The van der Waals surface area contributed by atoms with E-state index in [1.165, 1.54) is 47.8 Å². The third-order valence-corrected chi connectivity index (χ3v) is 4.71. The van der Waals surface area contributed by atoms with Crippen LogP contribution < -0.4 is 10.2 Å². The lowest BCUT2D eigenvalue weighted by atomic mass is 10.1. The molecule has 1 aliphatic heterocycles. The van der Waals surface area contributed by atoms with E-state index in [0.717, 1.165) is 13.1 Å². The molecule has 3 heteroatoms. The second-order valence-electron chi connectivity index (χ2n) is 6.11. The van der Waals surface area contributed by atoms with Crippen molar-refractivity contribution in [3.8, 4) is 0 Å². The van der Waals surface area contributed by atoms with Crippen LogP contribution in [0.3, 0.4) is 0 Å². The minimum Gasteiger partial charge on any atom is -0.370 e. The molecule has 0 spiro atoms. The summed E-state index contributed by atoms with van der Waals surface area (Å²) in [6.45, 7) is 11.2. The van der Waals surface area contributed by atoms with Gasteiger partial charge in [-0.1, -0.05) is 31.5 Å². The molecule has 0 aromatic heterocycles. The van der Waals surface area contributed by atoms with E-state index in [2.05, 4.69) is 60.9 Å². The van der Waals surface area contributed by atoms with Crippen LogP contribution in [0.25, 0.3) is 0 Å². The van der Waals surface area contributed by atoms with Crippen molar-refractivity contribution in [3.63, 3.8) is 0 Å². The summed E-state index contributed by atoms with van der Waals surface area (Å²) < 4.78 is 0. The van der Waals surface area contributed by atoms with Crippen LogP contribution in [0.2, 0.25) is 0 Å². The first-order valence-electron chi connectivity index (χ1n) is 7.80. The molecule has 0 bridgehead atoms. The van der Waals surface area contributed by atoms with Crippen LogP contribution in [0.4, 0.5) is 5.69 Å². The molecule has 1 fully saturated rings. The van der Waals surface area contributed by atoms with E-state index >= 15 is 0 Å². The smallest absolute Gasteiger partial charge is 0.0412 e. The average molecular weight is 292 g/mol. The second-order valence-corrected chi connectivity index (χ2v) is 7.33. The Morgan fingerprint density at radius 1 is 1.25 bits per heavy atom. The van der Waals surface area contributed by atoms with Gasteiger partial charge in [0.15, 0.2) is 0 Å². The molecule has 0 radical (unpaired) electrons. The average Bonchev–Trinajstić information content (AvgIpc) is 2.67. The van der Waals surface area contributed by atoms with Crippen LogP contribution in [0, 0.1) is 12.8 Å². The number of nitrogens with zero attached hydrogens (tertiary/aromatic N) is 1. The van der Waals surface area contributed by atoms with Crippen molar-refractivity contribution in [3.05, 3.63) is 29.3 Å². The minimum atomic E-state index is 0.706. The number of anilines is 1. The molecule has 112 valence electrons. The van der Waals surface area contributed by atoms with Crippen molar-refractivity contribution in [2.24, 2.45) is 5.92 Å². The molecule has 20 heavy (non-hydrogen) atoms. The number of benzene rings is 1. The fourth-order valence-electron chi connectivity index (χ4n) is 2.65. The number of thioether (sulfide) groups is 1. The van der Waals surface area contributed by atoms with Crippen molar-refractivity contribution in [1.29, 1.82) is 0 Å². The predicted molar refractivity (Wildman–Crippen MR) is 91.9 cm³/mol. The minimum absolute atomic E-state index is 0.706. The Morgan fingerprint density at radius 2 is 2.10 bits per heavy atom. The standard InChI is InChI=1S/C17H28N2S/c1-14(2)12-18-13-16-11-15(3)5-6-17(16)19-7-4-9-20-10-8-19/h5-6,11,14,18H,4,7-10,12-13H2,1-3H3. The Kier molecular flexibility index (Phi) is 6.24. The highest BCUT2D eigenvalue weighted by Crippen LogP contribution is 2.24. The topological polar surface area (TPSA) is 15.3 Å². The van der Waals surface area contributed by atoms with Crippen molar-refractivity contribution < 1.29 is 0 Å². The molecule has 0 saturated carbocycles. The van der Waals surface area contributed by atoms with Crippen LogP contribution in [0.15, 0.2) is 18.2 Å². The molecule has 1 aromatic rings. The highest BCUT2D eigenvalue weighted by Gasteiger charge is 2.13. The zero-order valence-corrected chi connectivity index (χ0v) is 13.9. The van der Waals surface area contributed by atoms with Crippen LogP contribution in [-0.4, -0.2) is 31.1 Å². The van der Waals surface area contributed by atoms with Gasteiger partial charge in [0.2, 0.25) is 0 Å². The molecule has 1 saturated heterocycles. The van der Waals surface area contributed by atoms with Gasteiger partial charge in [0.25, 0.3) is 0 Å². The van der Waals surface area contributed by atoms with E-state index < -0.39 is 0 Å². The van der Waals surface area contributed by atoms with Gasteiger partial charge in [0, 0.05) is 31.1 Å². The number of hydrogen-bond donors (Lipinski definition) is 1. The normalized spacial score (nSPS) is 16.5. The monoisotopic (exact) mass is 292 g/mol. The molecule has 0 amide bonds. The summed E-state index contributed by atoms with van der Waals surface area (Å²) in [6.07, 6.45) is 1.30. The molecular formula is C17H28N2S. The van der Waals surface area contributed by atoms with Gasteiger partial charge in [0.1, 0.15) is 0 Å². The van der Waals surface area contributed by atoms with Gasteiger partial charge in [-0.15, -0.1) is 0 Å². The Balaban J connectivity index is 2.09. The molecule has 2 nitrogen and oxygen atoms in total. The summed E-state index contributed by atoms with van der Waals surface area (Å²) in [7, 11) is 0. The molecule has 1 aromatic carbocycles. The van der Waals surface area contributed by atoms with Gasteiger partial charge in [0.05, 0.1) is 0 Å². The Labute approximate surface area is 128 Å². The SMILES string of the molecule is Cc1ccc(N2CCCSCC2)c(CNCC(C)C)c1. The van der Waals surface area contributed by atoms with Crippen LogP contribution in [0.5, 0.6) is 0 Å². The number of rotatable bonds is 5. The fourth-order valence-corrected chi connectivity index (χ4v) is 3.53. The summed E-state index contributed by atoms with van der Waals surface area (Å²) in [5.41, 5.74) is 4.26. The number of hydrogen-bond acceptors (Lipinski definition) is 3. The lowest BCUT2D eigenvalue weighted by Crippen LogP contribution is -2.28. The molecule has 1 aliphatic rings. The first kappa shape index (κ1) is 15.7. The second kappa shape index (κ2) is 7.94. The first-order chi connectivity index (χ1) is 9.66. The molecule has 0 unspecified atom stereocenters. The van der Waals surface area contributed by atoms with E-state index in [1.807, 2.05) is 0 Å². The summed E-state index contributed by atoms with van der Waals surface area (Å²) in [5, 5.41) is 3.59. The fraction of sp³-hybridized carbons (Fsp3) is 0.647. The van der Waals surface area contributed by atoms with Gasteiger partial charge >= 0.3 is 0 Å². The Morgan fingerprint density at radius 3 is 2.90 bits per heavy atom. The van der Waals surface area contributed by atoms with Gasteiger partial charge in [-0.3, -0.25) is 0 Å². The van der Waals surface area contributed by atoms with Crippen molar-refractivity contribution >= 4 is 17.4 Å². The highest BCUT2D eigenvalue weighted by molar-refractivity contribution is 7.99. The molecule has 2 rings (SSSR count). The number of aryl methyl sites for hydroxylation is 1. The van der Waals surface area contributed by atoms with Crippen LogP contribution in [-0.2, 0) is 6.54 Å². The van der Waals surface area contributed by atoms with Crippen molar-refractivity contribution in [2.45, 2.75) is 33.7 Å². The maximum Gasteiger partial charge on any atom is 0.0412 e. The quantitative estimate of drug-likeness (QED) is 0.891. The molecule has 1 heterocycles. The molecule has 1 N–H and O–H groups in total. The maximum atomic E-state index is 3.59. The van der Waals surface area contributed by atoms with E-state index in [1.54, 1.807) is 0 Å². The van der Waals surface area contributed by atoms with Gasteiger partial charge < -0.3 is 10.2 Å². The lowest BCUT2D eigenvalue weighted by molar-refractivity contribution is 0.552. The maximum absolute atomic E-state index is 3.59. The Hall–Kier alpha value is -0.670. The molecule has 0 aliphatic carbocycles. The summed E-state index contributed by atoms with van der Waals surface area (Å²) >= 11 is 2.09. The van der Waals surface area contributed by atoms with E-state index in [0.29, 0.717) is 5.92 Å². The summed E-state index contributed by atoms with van der Waals surface area (Å²) in [6, 6.07) is 6.91. The lowest BCUT2D eigenvalue weighted by Gasteiger charge is -2.26. The molecule has 0 atom stereocenters. The third kappa shape index (κ3) is 4.71. The van der Waals surface area contributed by atoms with E-state index in [-0.39, 0.29) is 0 Å². The van der Waals surface area contributed by atoms with Crippen LogP contribution in [0.1, 0.15) is 31.4 Å². The number of nitrogens with one attached hydrogen (secondary N) is 1. The van der Waals surface area contributed by atoms with Crippen LogP contribution >= 0.6 is 11.8 Å². The first-order valence-corrected chi connectivity index (χ1v) is 8.95. The highest BCUT2D eigenvalue weighted by atomic mass is 32.2. The van der Waals surface area contributed by atoms with Crippen molar-refractivity contribution in [2.75, 3.05) is 36.0 Å². The third-order valence-electron chi connectivity index (χ3n) is 3.67. The summed E-state index contributed by atoms with van der Waals surface area (Å²) in [4.78, 5) is 2.58. The zero-order chi connectivity index (χ0) is 14.4. The predicted octanol–water partition coefficient (Wildman–Crippen LogP) is 3.68. The zero-order valence-electron chi connectivity index (χ0n) is 13.1. The van der Waals surface area contributed by atoms with E-state index in [4.69, 9.17) is 0 Å². The van der Waals surface area contributed by atoms with Gasteiger partial charge in [-0.05, 0) is 43.2 Å². The molecular weight excluding hydrogens is 264 g/mol. The Bertz CT molecular complexity index is 409. The van der Waals surface area contributed by atoms with E-state index in [9.17, 15) is 0 Å².